The molecule has 0 spiro atoms. The number of rotatable bonds is 4. The standard InChI is InChI=1S/C26H30ClN3O2/c1-15(2)32-26(31)18-8-10-20-17(13-18)7-11-21-24(20)29-30(25(21)16-5-3-4-6-16)19-9-12-23(28)22(27)14-19/h8-10,12-16,21,25H,3-7,11,28H2,1-2H3. The van der Waals surface area contributed by atoms with Gasteiger partial charge in [0.25, 0.3) is 0 Å². The fourth-order valence-electron chi connectivity index (χ4n) is 5.64. The summed E-state index contributed by atoms with van der Waals surface area (Å²) in [5, 5.41) is 7.95. The number of nitrogens with two attached hydrogens (primary N) is 1. The van der Waals surface area contributed by atoms with Crippen molar-refractivity contribution in [3.8, 4) is 0 Å². The lowest BCUT2D eigenvalue weighted by atomic mass is 9.75. The van der Waals surface area contributed by atoms with Crippen LogP contribution in [0.15, 0.2) is 41.5 Å². The van der Waals surface area contributed by atoms with Crippen molar-refractivity contribution in [2.45, 2.75) is 64.5 Å². The van der Waals surface area contributed by atoms with Gasteiger partial charge >= 0.3 is 5.97 Å². The molecule has 1 aliphatic heterocycles. The van der Waals surface area contributed by atoms with E-state index in [1.54, 1.807) is 0 Å². The Kier molecular flexibility index (Phi) is 5.62. The lowest BCUT2D eigenvalue weighted by Crippen LogP contribution is -2.40. The molecule has 0 amide bonds. The van der Waals surface area contributed by atoms with Gasteiger partial charge in [0, 0.05) is 11.5 Å². The van der Waals surface area contributed by atoms with Gasteiger partial charge in [0.1, 0.15) is 0 Å². The highest BCUT2D eigenvalue weighted by atomic mass is 35.5. The minimum Gasteiger partial charge on any atom is -0.459 e. The number of nitrogen functional groups attached to an aromatic ring is 1. The number of nitrogens with zero attached hydrogens (tertiary/aromatic N) is 2. The molecule has 2 unspecified atom stereocenters. The zero-order valence-corrected chi connectivity index (χ0v) is 19.4. The van der Waals surface area contributed by atoms with Crippen molar-refractivity contribution in [2.75, 3.05) is 10.7 Å². The average molecular weight is 452 g/mol. The van der Waals surface area contributed by atoms with E-state index in [4.69, 9.17) is 27.2 Å². The summed E-state index contributed by atoms with van der Waals surface area (Å²) in [4.78, 5) is 12.4. The SMILES string of the molecule is CC(C)OC(=O)c1ccc2c(c1)CCC1C2=NN(c2ccc(N)c(Cl)c2)C1C1CCCC1. The molecule has 2 aromatic rings. The molecule has 2 aliphatic carbocycles. The molecule has 0 bridgehead atoms. The predicted octanol–water partition coefficient (Wildman–Crippen LogP) is 5.83. The first-order chi connectivity index (χ1) is 15.4. The number of aryl methyl sites for hydroxylation is 1. The first kappa shape index (κ1) is 21.3. The highest BCUT2D eigenvalue weighted by molar-refractivity contribution is 6.33. The number of anilines is 2. The Morgan fingerprint density at radius 1 is 1.16 bits per heavy atom. The van der Waals surface area contributed by atoms with Crippen molar-refractivity contribution in [1.29, 1.82) is 0 Å². The largest absolute Gasteiger partial charge is 0.459 e. The Hall–Kier alpha value is -2.53. The van der Waals surface area contributed by atoms with Gasteiger partial charge in [0.05, 0.1) is 39.8 Å². The highest BCUT2D eigenvalue weighted by Crippen LogP contribution is 2.45. The fraction of sp³-hybridized carbons (Fsp3) is 0.462. The number of halogens is 1. The highest BCUT2D eigenvalue weighted by Gasteiger charge is 2.45. The van der Waals surface area contributed by atoms with Crippen molar-refractivity contribution in [2.24, 2.45) is 16.9 Å². The van der Waals surface area contributed by atoms with Crippen LogP contribution in [-0.2, 0) is 11.2 Å². The third-order valence-corrected chi connectivity index (χ3v) is 7.40. The van der Waals surface area contributed by atoms with Crippen molar-refractivity contribution >= 4 is 34.7 Å². The van der Waals surface area contributed by atoms with E-state index in [0.29, 0.717) is 34.2 Å². The van der Waals surface area contributed by atoms with E-state index < -0.39 is 0 Å². The van der Waals surface area contributed by atoms with Crippen molar-refractivity contribution in [1.82, 2.24) is 0 Å². The number of carbonyl (C=O) groups excluding carboxylic acids is 1. The van der Waals surface area contributed by atoms with Crippen molar-refractivity contribution in [3.63, 3.8) is 0 Å². The second-order valence-corrected chi connectivity index (χ2v) is 9.95. The Morgan fingerprint density at radius 3 is 2.66 bits per heavy atom. The summed E-state index contributed by atoms with van der Waals surface area (Å²) < 4.78 is 5.39. The molecule has 2 N–H and O–H groups in total. The van der Waals surface area contributed by atoms with Gasteiger partial charge in [-0.25, -0.2) is 4.79 Å². The molecule has 1 heterocycles. The van der Waals surface area contributed by atoms with E-state index in [2.05, 4.69) is 11.1 Å². The molecule has 2 aromatic carbocycles. The Morgan fingerprint density at radius 2 is 1.94 bits per heavy atom. The molecule has 1 saturated carbocycles. The molecule has 3 aliphatic rings. The number of carbonyl (C=O) groups is 1. The molecule has 6 heteroatoms. The van der Waals surface area contributed by atoms with Gasteiger partial charge in [-0.3, -0.25) is 5.01 Å². The normalized spacial score (nSPS) is 22.6. The van der Waals surface area contributed by atoms with Crippen molar-refractivity contribution < 1.29 is 9.53 Å². The number of hydrogen-bond donors (Lipinski definition) is 1. The van der Waals surface area contributed by atoms with Crippen molar-refractivity contribution in [3.05, 3.63) is 58.1 Å². The van der Waals surface area contributed by atoms with Gasteiger partial charge in [-0.1, -0.05) is 30.5 Å². The molecule has 0 saturated heterocycles. The average Bonchev–Trinajstić information content (AvgIpc) is 3.42. The Labute approximate surface area is 194 Å². The Balaban J connectivity index is 1.53. The number of esters is 1. The third-order valence-electron chi connectivity index (χ3n) is 7.08. The van der Waals surface area contributed by atoms with Crippen LogP contribution in [0.5, 0.6) is 0 Å². The molecule has 5 nitrogen and oxygen atoms in total. The summed E-state index contributed by atoms with van der Waals surface area (Å²) in [6.45, 7) is 3.74. The van der Waals surface area contributed by atoms with Crippen LogP contribution in [0.2, 0.25) is 5.02 Å². The number of fused-ring (bicyclic) bond motifs is 3. The minimum atomic E-state index is -0.264. The molecular weight excluding hydrogens is 422 g/mol. The maximum Gasteiger partial charge on any atom is 0.338 e. The fourth-order valence-corrected chi connectivity index (χ4v) is 5.81. The van der Waals surface area contributed by atoms with Crippen LogP contribution in [0.1, 0.15) is 67.4 Å². The molecule has 2 atom stereocenters. The van der Waals surface area contributed by atoms with E-state index in [0.717, 1.165) is 29.8 Å². The van der Waals surface area contributed by atoms with Crippen LogP contribution in [-0.4, -0.2) is 23.8 Å². The lowest BCUT2D eigenvalue weighted by Gasteiger charge is -2.34. The van der Waals surface area contributed by atoms with Gasteiger partial charge in [-0.05, 0) is 81.3 Å². The molecule has 0 radical (unpaired) electrons. The summed E-state index contributed by atoms with van der Waals surface area (Å²) in [6, 6.07) is 12.1. The van der Waals surface area contributed by atoms with Gasteiger partial charge in [0.15, 0.2) is 0 Å². The minimum absolute atomic E-state index is 0.130. The van der Waals surface area contributed by atoms with Gasteiger partial charge in [-0.15, -0.1) is 0 Å². The first-order valence-corrected chi connectivity index (χ1v) is 12.1. The maximum atomic E-state index is 12.4. The molecule has 5 rings (SSSR count). The van der Waals surface area contributed by atoms with Crippen LogP contribution in [0.4, 0.5) is 11.4 Å². The quantitative estimate of drug-likeness (QED) is 0.468. The molecule has 1 fully saturated rings. The first-order valence-electron chi connectivity index (χ1n) is 11.7. The lowest BCUT2D eigenvalue weighted by molar-refractivity contribution is 0.0377. The zero-order valence-electron chi connectivity index (χ0n) is 18.7. The zero-order chi connectivity index (χ0) is 22.4. The number of ether oxygens (including phenoxy) is 1. The maximum absolute atomic E-state index is 12.4. The van der Waals surface area contributed by atoms with Crippen LogP contribution < -0.4 is 10.7 Å². The number of hydrazone groups is 1. The summed E-state index contributed by atoms with van der Waals surface area (Å²) in [5.74, 6) is 0.745. The molecule has 168 valence electrons. The summed E-state index contributed by atoms with van der Waals surface area (Å²) in [6.07, 6.45) is 6.92. The summed E-state index contributed by atoms with van der Waals surface area (Å²) >= 11 is 6.37. The van der Waals surface area contributed by atoms with E-state index in [-0.39, 0.29) is 12.1 Å². The summed E-state index contributed by atoms with van der Waals surface area (Å²) in [5.41, 5.74) is 11.7. The van der Waals surface area contributed by atoms with E-state index in [9.17, 15) is 4.79 Å². The molecular formula is C26H30ClN3O2. The molecule has 0 aromatic heterocycles. The van der Waals surface area contributed by atoms with Crippen LogP contribution >= 0.6 is 11.6 Å². The predicted molar refractivity (Wildman–Crippen MR) is 129 cm³/mol. The molecule has 32 heavy (non-hydrogen) atoms. The number of benzene rings is 2. The van der Waals surface area contributed by atoms with Gasteiger partial charge < -0.3 is 10.5 Å². The van der Waals surface area contributed by atoms with Gasteiger partial charge in [-0.2, -0.15) is 5.10 Å². The van der Waals surface area contributed by atoms with Gasteiger partial charge in [0.2, 0.25) is 0 Å². The topological polar surface area (TPSA) is 67.9 Å². The summed E-state index contributed by atoms with van der Waals surface area (Å²) in [7, 11) is 0. The second-order valence-electron chi connectivity index (χ2n) is 9.54. The second kappa shape index (κ2) is 8.43. The van der Waals surface area contributed by atoms with E-state index in [1.165, 1.54) is 31.2 Å². The monoisotopic (exact) mass is 451 g/mol. The van der Waals surface area contributed by atoms with Crippen LogP contribution in [0.25, 0.3) is 0 Å². The van der Waals surface area contributed by atoms with E-state index >= 15 is 0 Å². The third kappa shape index (κ3) is 3.77. The Bertz CT molecular complexity index is 1070. The van der Waals surface area contributed by atoms with Crippen LogP contribution in [0, 0.1) is 11.8 Å². The van der Waals surface area contributed by atoms with Crippen LogP contribution in [0.3, 0.4) is 0 Å². The smallest absolute Gasteiger partial charge is 0.338 e. The van der Waals surface area contributed by atoms with E-state index in [1.807, 2.05) is 44.2 Å². The number of hydrogen-bond acceptors (Lipinski definition) is 5.